The van der Waals surface area contributed by atoms with Gasteiger partial charge < -0.3 is 5.73 Å². The van der Waals surface area contributed by atoms with Crippen molar-refractivity contribution in [3.05, 3.63) is 22.4 Å². The summed E-state index contributed by atoms with van der Waals surface area (Å²) < 4.78 is 0. The highest BCUT2D eigenvalue weighted by Gasteiger charge is 2.35. The first-order valence-corrected chi connectivity index (χ1v) is 9.44. The van der Waals surface area contributed by atoms with Crippen LogP contribution in [0.15, 0.2) is 17.5 Å². The molecule has 4 heteroatoms. The van der Waals surface area contributed by atoms with Crippen LogP contribution in [-0.4, -0.2) is 48.1 Å². The molecule has 3 rings (SSSR count). The molecular formula is C17H29N3S. The van der Waals surface area contributed by atoms with E-state index in [1.807, 2.05) is 11.3 Å². The first kappa shape index (κ1) is 15.5. The zero-order valence-corrected chi connectivity index (χ0v) is 14.0. The predicted molar refractivity (Wildman–Crippen MR) is 90.7 cm³/mol. The van der Waals surface area contributed by atoms with Gasteiger partial charge in [-0.1, -0.05) is 19.4 Å². The first-order valence-electron chi connectivity index (χ1n) is 8.56. The van der Waals surface area contributed by atoms with E-state index >= 15 is 0 Å². The van der Waals surface area contributed by atoms with E-state index in [2.05, 4.69) is 34.2 Å². The quantitative estimate of drug-likeness (QED) is 0.907. The number of rotatable bonds is 5. The highest BCUT2D eigenvalue weighted by atomic mass is 32.1. The van der Waals surface area contributed by atoms with E-state index in [1.54, 1.807) is 0 Å². The number of likely N-dealkylation sites (tertiary alicyclic amines) is 2. The predicted octanol–water partition coefficient (Wildman–Crippen LogP) is 3.09. The third-order valence-corrected chi connectivity index (χ3v) is 6.15. The van der Waals surface area contributed by atoms with Gasteiger partial charge >= 0.3 is 0 Å². The molecule has 2 N–H and O–H groups in total. The molecule has 1 aromatic rings. The summed E-state index contributed by atoms with van der Waals surface area (Å²) in [7, 11) is 0. The summed E-state index contributed by atoms with van der Waals surface area (Å²) in [5.41, 5.74) is 6.46. The molecule has 3 atom stereocenters. The molecule has 2 aliphatic heterocycles. The monoisotopic (exact) mass is 307 g/mol. The third-order valence-electron chi connectivity index (χ3n) is 5.21. The summed E-state index contributed by atoms with van der Waals surface area (Å²) in [5, 5.41) is 2.18. The second kappa shape index (κ2) is 7.23. The van der Waals surface area contributed by atoms with Crippen molar-refractivity contribution in [3.63, 3.8) is 0 Å². The maximum Gasteiger partial charge on any atom is 0.0593 e. The molecule has 1 aromatic heterocycles. The fourth-order valence-corrected chi connectivity index (χ4v) is 4.88. The molecule has 0 spiro atoms. The molecule has 0 bridgehead atoms. The van der Waals surface area contributed by atoms with E-state index in [4.69, 9.17) is 5.73 Å². The van der Waals surface area contributed by atoms with Gasteiger partial charge in [-0.15, -0.1) is 11.3 Å². The summed E-state index contributed by atoms with van der Waals surface area (Å²) in [6.07, 6.45) is 6.57. The van der Waals surface area contributed by atoms with Gasteiger partial charge in [-0.3, -0.25) is 9.80 Å². The minimum atomic E-state index is 0.253. The minimum absolute atomic E-state index is 0.253. The van der Waals surface area contributed by atoms with Crippen LogP contribution in [0.2, 0.25) is 0 Å². The van der Waals surface area contributed by atoms with E-state index in [9.17, 15) is 0 Å². The third kappa shape index (κ3) is 3.50. The Hall–Kier alpha value is -0.420. The Kier molecular flexibility index (Phi) is 5.33. The lowest BCUT2D eigenvalue weighted by atomic mass is 10.0. The second-order valence-electron chi connectivity index (χ2n) is 6.57. The van der Waals surface area contributed by atoms with Crippen LogP contribution in [0, 0.1) is 0 Å². The number of thiophene rings is 1. The van der Waals surface area contributed by atoms with Crippen LogP contribution < -0.4 is 5.73 Å². The van der Waals surface area contributed by atoms with E-state index in [1.165, 1.54) is 56.7 Å². The number of nitrogens with zero attached hydrogens (tertiary/aromatic N) is 2. The van der Waals surface area contributed by atoms with Crippen LogP contribution in [0.3, 0.4) is 0 Å². The highest BCUT2D eigenvalue weighted by Crippen LogP contribution is 2.33. The Morgan fingerprint density at radius 3 is 2.76 bits per heavy atom. The molecule has 118 valence electrons. The first-order chi connectivity index (χ1) is 10.3. The van der Waals surface area contributed by atoms with Crippen molar-refractivity contribution in [2.75, 3.05) is 26.2 Å². The summed E-state index contributed by atoms with van der Waals surface area (Å²) in [6, 6.07) is 5.86. The SMILES string of the molecule is CCC(N)C(c1cccs1)N1CCC(N2CCCCC2)C1. The standard InChI is InChI=1S/C17H29N3S/c1-2-15(18)17(16-7-6-12-21-16)20-11-8-14(13-20)19-9-4-3-5-10-19/h6-7,12,14-15,17H,2-5,8-11,13,18H2,1H3. The van der Waals surface area contributed by atoms with Crippen molar-refractivity contribution in [3.8, 4) is 0 Å². The Morgan fingerprint density at radius 1 is 1.29 bits per heavy atom. The van der Waals surface area contributed by atoms with Crippen LogP contribution in [0.4, 0.5) is 0 Å². The number of piperidine rings is 1. The second-order valence-corrected chi connectivity index (χ2v) is 7.55. The summed E-state index contributed by atoms with van der Waals surface area (Å²) in [4.78, 5) is 6.83. The largest absolute Gasteiger partial charge is 0.326 e. The highest BCUT2D eigenvalue weighted by molar-refractivity contribution is 7.10. The smallest absolute Gasteiger partial charge is 0.0593 e. The maximum absolute atomic E-state index is 6.46. The Bertz CT molecular complexity index is 414. The lowest BCUT2D eigenvalue weighted by molar-refractivity contribution is 0.145. The van der Waals surface area contributed by atoms with Gasteiger partial charge in [0.15, 0.2) is 0 Å². The summed E-state index contributed by atoms with van der Waals surface area (Å²) in [6.45, 7) is 7.24. The zero-order valence-electron chi connectivity index (χ0n) is 13.2. The fraction of sp³-hybridized carbons (Fsp3) is 0.765. The van der Waals surface area contributed by atoms with Crippen molar-refractivity contribution in [1.29, 1.82) is 0 Å². The van der Waals surface area contributed by atoms with E-state index in [0.29, 0.717) is 6.04 Å². The Balaban J connectivity index is 1.67. The summed E-state index contributed by atoms with van der Waals surface area (Å²) in [5.74, 6) is 0. The van der Waals surface area contributed by atoms with E-state index < -0.39 is 0 Å². The molecule has 0 amide bonds. The lowest BCUT2D eigenvalue weighted by Crippen LogP contribution is -2.43. The van der Waals surface area contributed by atoms with Crippen molar-refractivity contribution in [2.24, 2.45) is 5.73 Å². The van der Waals surface area contributed by atoms with Gasteiger partial charge in [0.25, 0.3) is 0 Å². The molecule has 2 fully saturated rings. The average Bonchev–Trinajstić information content (AvgIpc) is 3.20. The minimum Gasteiger partial charge on any atom is -0.326 e. The molecule has 0 saturated carbocycles. The molecule has 0 aromatic carbocycles. The van der Waals surface area contributed by atoms with Gasteiger partial charge in [-0.25, -0.2) is 0 Å². The Labute approximate surface area is 133 Å². The van der Waals surface area contributed by atoms with Crippen LogP contribution in [-0.2, 0) is 0 Å². The van der Waals surface area contributed by atoms with E-state index in [0.717, 1.165) is 12.5 Å². The topological polar surface area (TPSA) is 32.5 Å². The van der Waals surface area contributed by atoms with Crippen LogP contribution in [0.5, 0.6) is 0 Å². The fourth-order valence-electron chi connectivity index (χ4n) is 3.95. The molecule has 2 aliphatic rings. The molecule has 0 radical (unpaired) electrons. The zero-order chi connectivity index (χ0) is 14.7. The van der Waals surface area contributed by atoms with Gasteiger partial charge in [-0.05, 0) is 50.2 Å². The van der Waals surface area contributed by atoms with Crippen molar-refractivity contribution < 1.29 is 0 Å². The van der Waals surface area contributed by atoms with Gasteiger partial charge in [0.1, 0.15) is 0 Å². The maximum atomic E-state index is 6.46. The van der Waals surface area contributed by atoms with Gasteiger partial charge in [0.05, 0.1) is 6.04 Å². The van der Waals surface area contributed by atoms with Crippen molar-refractivity contribution in [1.82, 2.24) is 9.80 Å². The number of hydrogen-bond donors (Lipinski definition) is 1. The number of hydrogen-bond acceptors (Lipinski definition) is 4. The van der Waals surface area contributed by atoms with Gasteiger partial charge in [-0.2, -0.15) is 0 Å². The van der Waals surface area contributed by atoms with Gasteiger partial charge in [0, 0.05) is 30.1 Å². The van der Waals surface area contributed by atoms with Crippen molar-refractivity contribution in [2.45, 2.75) is 57.2 Å². The molecule has 0 aliphatic carbocycles. The molecule has 2 saturated heterocycles. The molecule has 3 nitrogen and oxygen atoms in total. The molecule has 3 heterocycles. The Morgan fingerprint density at radius 2 is 2.10 bits per heavy atom. The number of nitrogens with two attached hydrogens (primary N) is 1. The summed E-state index contributed by atoms with van der Waals surface area (Å²) >= 11 is 1.86. The lowest BCUT2D eigenvalue weighted by Gasteiger charge is -2.35. The average molecular weight is 308 g/mol. The molecule has 3 unspecified atom stereocenters. The van der Waals surface area contributed by atoms with Crippen molar-refractivity contribution >= 4 is 11.3 Å². The van der Waals surface area contributed by atoms with Crippen LogP contribution in [0.1, 0.15) is 49.9 Å². The van der Waals surface area contributed by atoms with Crippen LogP contribution in [0.25, 0.3) is 0 Å². The molecule has 21 heavy (non-hydrogen) atoms. The normalized spacial score (nSPS) is 27.8. The van der Waals surface area contributed by atoms with Crippen LogP contribution >= 0.6 is 11.3 Å². The van der Waals surface area contributed by atoms with E-state index in [-0.39, 0.29) is 6.04 Å². The molecular weight excluding hydrogens is 278 g/mol. The van der Waals surface area contributed by atoms with Gasteiger partial charge in [0.2, 0.25) is 0 Å².